The maximum Gasteiger partial charge on any atom is 0.251 e. The molecular formula is C14H19FN2O. The van der Waals surface area contributed by atoms with Gasteiger partial charge in [0.2, 0.25) is 0 Å². The topological polar surface area (TPSA) is 41.1 Å². The number of hydrogen-bond acceptors (Lipinski definition) is 2. The van der Waals surface area contributed by atoms with Crippen molar-refractivity contribution in [1.29, 1.82) is 0 Å². The molecule has 1 aliphatic rings. The molecule has 2 N–H and O–H groups in total. The van der Waals surface area contributed by atoms with Crippen LogP contribution in [-0.2, 0) is 0 Å². The maximum absolute atomic E-state index is 13.4. The highest BCUT2D eigenvalue weighted by Gasteiger charge is 2.22. The van der Waals surface area contributed by atoms with Gasteiger partial charge in [-0.25, -0.2) is 4.39 Å². The monoisotopic (exact) mass is 250 g/mol. The zero-order chi connectivity index (χ0) is 13.1. The molecule has 2 atom stereocenters. The molecule has 0 bridgehead atoms. The summed E-state index contributed by atoms with van der Waals surface area (Å²) in [5, 5.41) is 6.28. The number of piperidine rings is 1. The summed E-state index contributed by atoms with van der Waals surface area (Å²) in [6.45, 7) is 4.73. The fourth-order valence-corrected chi connectivity index (χ4v) is 2.23. The lowest BCUT2D eigenvalue weighted by atomic mass is 9.99. The van der Waals surface area contributed by atoms with Gasteiger partial charge in [0.15, 0.2) is 0 Å². The normalized spacial score (nSPS) is 23.7. The summed E-state index contributed by atoms with van der Waals surface area (Å²) in [7, 11) is 0. The number of aryl methyl sites for hydroxylation is 1. The van der Waals surface area contributed by atoms with E-state index >= 15 is 0 Å². The standard InChI is InChI=1S/C14H19FN2O/c1-9-5-6-11(8-12(9)15)14(18)17-13-4-3-7-16-10(13)2/h5-6,8,10,13,16H,3-4,7H2,1-2H3,(H,17,18)/t10-,13+/m1/s1. The van der Waals surface area contributed by atoms with Crippen LogP contribution in [0.15, 0.2) is 18.2 Å². The Bertz CT molecular complexity index is 447. The zero-order valence-corrected chi connectivity index (χ0v) is 10.8. The Kier molecular flexibility index (Phi) is 3.97. The predicted octanol–water partition coefficient (Wildman–Crippen LogP) is 2.00. The molecular weight excluding hydrogens is 231 g/mol. The number of carbonyl (C=O) groups excluding carboxylic acids is 1. The summed E-state index contributed by atoms with van der Waals surface area (Å²) >= 11 is 0. The van der Waals surface area contributed by atoms with Crippen LogP contribution < -0.4 is 10.6 Å². The minimum absolute atomic E-state index is 0.121. The largest absolute Gasteiger partial charge is 0.348 e. The van der Waals surface area contributed by atoms with Gasteiger partial charge >= 0.3 is 0 Å². The van der Waals surface area contributed by atoms with Crippen molar-refractivity contribution in [2.24, 2.45) is 0 Å². The molecule has 0 saturated carbocycles. The lowest BCUT2D eigenvalue weighted by molar-refractivity contribution is 0.0919. The first-order valence-corrected chi connectivity index (χ1v) is 6.38. The van der Waals surface area contributed by atoms with Crippen LogP contribution in [0, 0.1) is 12.7 Å². The summed E-state index contributed by atoms with van der Waals surface area (Å²) in [6, 6.07) is 4.97. The lowest BCUT2D eigenvalue weighted by Crippen LogP contribution is -2.51. The molecule has 0 aliphatic carbocycles. The summed E-state index contributed by atoms with van der Waals surface area (Å²) in [5.74, 6) is -0.535. The molecule has 0 spiro atoms. The van der Waals surface area contributed by atoms with Crippen molar-refractivity contribution in [3.05, 3.63) is 35.1 Å². The molecule has 1 amide bonds. The highest BCUT2D eigenvalue weighted by atomic mass is 19.1. The highest BCUT2D eigenvalue weighted by Crippen LogP contribution is 2.12. The first kappa shape index (κ1) is 13.0. The second-order valence-corrected chi connectivity index (χ2v) is 4.93. The van der Waals surface area contributed by atoms with Crippen molar-refractivity contribution in [2.75, 3.05) is 6.54 Å². The third-order valence-electron chi connectivity index (χ3n) is 3.51. The van der Waals surface area contributed by atoms with E-state index in [1.807, 2.05) is 0 Å². The van der Waals surface area contributed by atoms with Crippen LogP contribution in [0.25, 0.3) is 0 Å². The number of carbonyl (C=O) groups is 1. The van der Waals surface area contributed by atoms with E-state index in [0.29, 0.717) is 11.1 Å². The van der Waals surface area contributed by atoms with E-state index in [-0.39, 0.29) is 23.8 Å². The van der Waals surface area contributed by atoms with Crippen molar-refractivity contribution < 1.29 is 9.18 Å². The van der Waals surface area contributed by atoms with Crippen LogP contribution >= 0.6 is 0 Å². The van der Waals surface area contributed by atoms with Crippen LogP contribution in [0.1, 0.15) is 35.7 Å². The average molecular weight is 250 g/mol. The van der Waals surface area contributed by atoms with Crippen LogP contribution in [0.2, 0.25) is 0 Å². The minimum atomic E-state index is -0.336. The average Bonchev–Trinajstić information content (AvgIpc) is 2.35. The van der Waals surface area contributed by atoms with Crippen LogP contribution in [0.5, 0.6) is 0 Å². The Morgan fingerprint density at radius 3 is 2.94 bits per heavy atom. The maximum atomic E-state index is 13.4. The van der Waals surface area contributed by atoms with Crippen molar-refractivity contribution in [1.82, 2.24) is 10.6 Å². The van der Waals surface area contributed by atoms with Gasteiger partial charge in [-0.1, -0.05) is 6.07 Å². The third-order valence-corrected chi connectivity index (χ3v) is 3.51. The Labute approximate surface area is 107 Å². The van der Waals surface area contributed by atoms with Crippen LogP contribution in [-0.4, -0.2) is 24.5 Å². The number of rotatable bonds is 2. The van der Waals surface area contributed by atoms with E-state index in [2.05, 4.69) is 17.6 Å². The number of halogens is 1. The fraction of sp³-hybridized carbons (Fsp3) is 0.500. The van der Waals surface area contributed by atoms with E-state index in [1.54, 1.807) is 19.1 Å². The van der Waals surface area contributed by atoms with Crippen molar-refractivity contribution in [3.8, 4) is 0 Å². The summed E-state index contributed by atoms with van der Waals surface area (Å²) in [6.07, 6.45) is 2.02. The number of nitrogens with one attached hydrogen (secondary N) is 2. The lowest BCUT2D eigenvalue weighted by Gasteiger charge is -2.30. The molecule has 4 heteroatoms. The summed E-state index contributed by atoms with van der Waals surface area (Å²) in [4.78, 5) is 12.0. The number of benzene rings is 1. The molecule has 2 rings (SSSR count). The van der Waals surface area contributed by atoms with Crippen molar-refractivity contribution >= 4 is 5.91 Å². The Hall–Kier alpha value is -1.42. The van der Waals surface area contributed by atoms with Gasteiger partial charge in [-0.15, -0.1) is 0 Å². The molecule has 1 heterocycles. The van der Waals surface area contributed by atoms with Crippen molar-refractivity contribution in [3.63, 3.8) is 0 Å². The third kappa shape index (κ3) is 2.88. The van der Waals surface area contributed by atoms with Crippen LogP contribution in [0.3, 0.4) is 0 Å². The first-order chi connectivity index (χ1) is 8.58. The molecule has 98 valence electrons. The van der Waals surface area contributed by atoms with Gasteiger partial charge in [-0.3, -0.25) is 4.79 Å². The van der Waals surface area contributed by atoms with Gasteiger partial charge < -0.3 is 10.6 Å². The summed E-state index contributed by atoms with van der Waals surface area (Å²) < 4.78 is 13.4. The van der Waals surface area contributed by atoms with E-state index in [1.165, 1.54) is 6.07 Å². The van der Waals surface area contributed by atoms with E-state index in [0.717, 1.165) is 19.4 Å². The molecule has 1 aliphatic heterocycles. The molecule has 0 aromatic heterocycles. The van der Waals surface area contributed by atoms with Gasteiger partial charge in [0, 0.05) is 17.6 Å². The number of hydrogen-bond donors (Lipinski definition) is 2. The second kappa shape index (κ2) is 5.48. The van der Waals surface area contributed by atoms with E-state index in [9.17, 15) is 9.18 Å². The van der Waals surface area contributed by atoms with Gasteiger partial charge in [0.05, 0.1) is 0 Å². The molecule has 3 nitrogen and oxygen atoms in total. The highest BCUT2D eigenvalue weighted by molar-refractivity contribution is 5.94. The fourth-order valence-electron chi connectivity index (χ4n) is 2.23. The van der Waals surface area contributed by atoms with Gasteiger partial charge in [-0.05, 0) is 50.9 Å². The van der Waals surface area contributed by atoms with Crippen LogP contribution in [0.4, 0.5) is 4.39 Å². The molecule has 18 heavy (non-hydrogen) atoms. The smallest absolute Gasteiger partial charge is 0.251 e. The second-order valence-electron chi connectivity index (χ2n) is 4.93. The van der Waals surface area contributed by atoms with Gasteiger partial charge in [-0.2, -0.15) is 0 Å². The Balaban J connectivity index is 2.04. The molecule has 0 unspecified atom stereocenters. The van der Waals surface area contributed by atoms with E-state index < -0.39 is 0 Å². The minimum Gasteiger partial charge on any atom is -0.348 e. The number of amides is 1. The Morgan fingerprint density at radius 2 is 2.28 bits per heavy atom. The summed E-state index contributed by atoms with van der Waals surface area (Å²) in [5.41, 5.74) is 0.940. The molecule has 1 saturated heterocycles. The predicted molar refractivity (Wildman–Crippen MR) is 69.1 cm³/mol. The molecule has 0 radical (unpaired) electrons. The zero-order valence-electron chi connectivity index (χ0n) is 10.8. The van der Waals surface area contributed by atoms with Gasteiger partial charge in [0.1, 0.15) is 5.82 Å². The van der Waals surface area contributed by atoms with E-state index in [4.69, 9.17) is 0 Å². The SMILES string of the molecule is Cc1ccc(C(=O)N[C@H]2CCCN[C@@H]2C)cc1F. The molecule has 1 aromatic rings. The molecule has 1 aromatic carbocycles. The first-order valence-electron chi connectivity index (χ1n) is 6.38. The van der Waals surface area contributed by atoms with Gasteiger partial charge in [0.25, 0.3) is 5.91 Å². The van der Waals surface area contributed by atoms with Crippen molar-refractivity contribution in [2.45, 2.75) is 38.8 Å². The Morgan fingerprint density at radius 1 is 1.50 bits per heavy atom. The molecule has 1 fully saturated rings. The quantitative estimate of drug-likeness (QED) is 0.843.